The van der Waals surface area contributed by atoms with Gasteiger partial charge in [-0.3, -0.25) is 4.98 Å². The van der Waals surface area contributed by atoms with Gasteiger partial charge in [0.2, 0.25) is 0 Å². The highest BCUT2D eigenvalue weighted by molar-refractivity contribution is 7.90. The fourth-order valence-electron chi connectivity index (χ4n) is 3.67. The Morgan fingerprint density at radius 3 is 2.34 bits per heavy atom. The van der Waals surface area contributed by atoms with E-state index < -0.39 is 27.3 Å². The molecule has 2 aromatic carbocycles. The molecular weight excluding hydrogens is 491 g/mol. The molecule has 10 heteroatoms. The number of nitrogens with one attached hydrogen (secondary N) is 1. The normalized spacial score (nSPS) is 13.1. The average molecular weight is 515 g/mol. The summed E-state index contributed by atoms with van der Waals surface area (Å²) in [4.78, 5) is 12.9. The summed E-state index contributed by atoms with van der Waals surface area (Å²) in [6.07, 6.45) is 5.83. The first-order valence-corrected chi connectivity index (χ1v) is 13.0. The molecule has 0 amide bonds. The fourth-order valence-corrected chi connectivity index (χ4v) is 4.53. The Labute approximate surface area is 208 Å². The highest BCUT2D eigenvalue weighted by Gasteiger charge is 2.20. The third-order valence-electron chi connectivity index (χ3n) is 5.58. The van der Waals surface area contributed by atoms with Crippen molar-refractivity contribution in [2.24, 2.45) is 0 Å². The van der Waals surface area contributed by atoms with Crippen LogP contribution in [0.5, 0.6) is 0 Å². The van der Waals surface area contributed by atoms with E-state index in [1.165, 1.54) is 18.3 Å². The van der Waals surface area contributed by atoms with Crippen LogP contribution in [0, 0.1) is 5.82 Å². The van der Waals surface area contributed by atoms with Crippen LogP contribution < -0.4 is 5.32 Å². The van der Waals surface area contributed by atoms with Crippen LogP contribution in [0.4, 0.5) is 10.1 Å². The Bertz CT molecular complexity index is 1520. The minimum absolute atomic E-state index is 0.0324. The first-order chi connectivity index (χ1) is 16.3. The van der Waals surface area contributed by atoms with E-state index >= 15 is 0 Å². The van der Waals surface area contributed by atoms with Crippen molar-refractivity contribution in [2.45, 2.75) is 37.3 Å². The number of anilines is 1. The zero-order valence-corrected chi connectivity index (χ0v) is 21.1. The minimum Gasteiger partial charge on any atom is -0.382 e. The van der Waals surface area contributed by atoms with Crippen molar-refractivity contribution in [1.29, 1.82) is 0 Å². The molecule has 1 atom stereocenters. The molecule has 4 rings (SSSR count). The number of aliphatic hydroxyl groups is 1. The number of nitrogens with zero attached hydrogens (tertiary/aromatic N) is 3. The first-order valence-electron chi connectivity index (χ1n) is 10.7. The number of benzene rings is 2. The van der Waals surface area contributed by atoms with Gasteiger partial charge in [-0.25, -0.2) is 22.8 Å². The average Bonchev–Trinajstić information content (AvgIpc) is 2.79. The van der Waals surface area contributed by atoms with E-state index in [-0.39, 0.29) is 10.5 Å². The van der Waals surface area contributed by atoms with E-state index in [0.29, 0.717) is 27.4 Å². The molecule has 0 aliphatic heterocycles. The lowest BCUT2D eigenvalue weighted by Crippen LogP contribution is -2.19. The quantitative estimate of drug-likeness (QED) is 0.337. The van der Waals surface area contributed by atoms with E-state index in [0.717, 1.165) is 23.4 Å². The second kappa shape index (κ2) is 9.14. The van der Waals surface area contributed by atoms with Crippen molar-refractivity contribution in [3.05, 3.63) is 77.2 Å². The Morgan fingerprint density at radius 2 is 1.71 bits per heavy atom. The standard InChI is InChI=1S/C25H24ClFN4O3S/c1-14(18-10-17(35(4,33)34)6-7-21(18)27)31-23-19-9-15(5-8-22(19)28-13-20(23)26)16-11-29-24(30-12-16)25(2,3)32/h5-14,32H,1-4H3,(H,28,31). The summed E-state index contributed by atoms with van der Waals surface area (Å²) in [5.74, 6) is -0.224. The lowest BCUT2D eigenvalue weighted by atomic mass is 10.0. The van der Waals surface area contributed by atoms with Crippen LogP contribution in [0.15, 0.2) is 59.9 Å². The monoisotopic (exact) mass is 514 g/mol. The van der Waals surface area contributed by atoms with Crippen molar-refractivity contribution in [3.63, 3.8) is 0 Å². The molecule has 4 aromatic rings. The highest BCUT2D eigenvalue weighted by Crippen LogP contribution is 2.35. The largest absolute Gasteiger partial charge is 0.382 e. The van der Waals surface area contributed by atoms with E-state index in [1.807, 2.05) is 18.2 Å². The number of sulfone groups is 1. The third kappa shape index (κ3) is 5.27. The number of rotatable bonds is 6. The maximum absolute atomic E-state index is 14.6. The van der Waals surface area contributed by atoms with E-state index in [2.05, 4.69) is 20.3 Å². The SMILES string of the molecule is CC(Nc1c(Cl)cnc2ccc(-c3cnc(C(C)(C)O)nc3)cc12)c1cc(S(C)(=O)=O)ccc1F. The van der Waals surface area contributed by atoms with Crippen molar-refractivity contribution in [3.8, 4) is 11.1 Å². The summed E-state index contributed by atoms with van der Waals surface area (Å²) >= 11 is 6.48. The van der Waals surface area contributed by atoms with Gasteiger partial charge in [0.25, 0.3) is 0 Å². The maximum atomic E-state index is 14.6. The lowest BCUT2D eigenvalue weighted by Gasteiger charge is -2.20. The van der Waals surface area contributed by atoms with Crippen LogP contribution in [-0.2, 0) is 15.4 Å². The number of hydrogen-bond acceptors (Lipinski definition) is 7. The molecule has 2 heterocycles. The number of aromatic nitrogens is 3. The van der Waals surface area contributed by atoms with Crippen LogP contribution in [0.25, 0.3) is 22.0 Å². The molecule has 0 fully saturated rings. The molecule has 0 aliphatic rings. The smallest absolute Gasteiger partial charge is 0.175 e. The molecule has 0 radical (unpaired) electrons. The number of pyridine rings is 1. The predicted octanol–water partition coefficient (Wildman–Crippen LogP) is 5.29. The van der Waals surface area contributed by atoms with E-state index in [1.54, 1.807) is 33.2 Å². The molecule has 7 nitrogen and oxygen atoms in total. The van der Waals surface area contributed by atoms with Gasteiger partial charge in [-0.05, 0) is 56.7 Å². The zero-order valence-electron chi connectivity index (χ0n) is 19.5. The van der Waals surface area contributed by atoms with Crippen molar-refractivity contribution in [2.75, 3.05) is 11.6 Å². The number of fused-ring (bicyclic) bond motifs is 1. The van der Waals surface area contributed by atoms with E-state index in [4.69, 9.17) is 11.6 Å². The number of hydrogen-bond donors (Lipinski definition) is 2. The van der Waals surface area contributed by atoms with Gasteiger partial charge in [-0.1, -0.05) is 17.7 Å². The van der Waals surface area contributed by atoms with Gasteiger partial charge in [0.1, 0.15) is 11.4 Å². The van der Waals surface area contributed by atoms with Crippen LogP contribution in [0.1, 0.15) is 38.2 Å². The molecule has 0 spiro atoms. The van der Waals surface area contributed by atoms with Gasteiger partial charge >= 0.3 is 0 Å². The summed E-state index contributed by atoms with van der Waals surface area (Å²) in [6, 6.07) is 8.68. The minimum atomic E-state index is -3.50. The second-order valence-electron chi connectivity index (χ2n) is 8.89. The van der Waals surface area contributed by atoms with Crippen molar-refractivity contribution in [1.82, 2.24) is 15.0 Å². The van der Waals surface area contributed by atoms with Crippen LogP contribution in [0.3, 0.4) is 0 Å². The molecule has 0 saturated carbocycles. The highest BCUT2D eigenvalue weighted by atomic mass is 35.5. The second-order valence-corrected chi connectivity index (χ2v) is 11.3. The van der Waals surface area contributed by atoms with Crippen LogP contribution in [-0.4, -0.2) is 34.7 Å². The zero-order chi connectivity index (χ0) is 25.5. The van der Waals surface area contributed by atoms with Gasteiger partial charge in [0, 0.05) is 41.4 Å². The van der Waals surface area contributed by atoms with Crippen molar-refractivity contribution >= 4 is 38.0 Å². The van der Waals surface area contributed by atoms with Gasteiger partial charge in [-0.2, -0.15) is 0 Å². The maximum Gasteiger partial charge on any atom is 0.175 e. The summed E-state index contributed by atoms with van der Waals surface area (Å²) < 4.78 is 38.5. The Balaban J connectivity index is 1.75. The Morgan fingerprint density at radius 1 is 1.03 bits per heavy atom. The lowest BCUT2D eigenvalue weighted by molar-refractivity contribution is 0.0687. The molecule has 1 unspecified atom stereocenters. The molecule has 35 heavy (non-hydrogen) atoms. The molecular formula is C25H24ClFN4O3S. The van der Waals surface area contributed by atoms with Gasteiger partial charge in [0.15, 0.2) is 15.7 Å². The molecule has 0 bridgehead atoms. The molecule has 2 aromatic heterocycles. The Kier molecular flexibility index (Phi) is 6.52. The van der Waals surface area contributed by atoms with E-state index in [9.17, 15) is 17.9 Å². The van der Waals surface area contributed by atoms with Crippen LogP contribution >= 0.6 is 11.6 Å². The van der Waals surface area contributed by atoms with Crippen LogP contribution in [0.2, 0.25) is 5.02 Å². The molecule has 182 valence electrons. The molecule has 0 saturated heterocycles. The Hall–Kier alpha value is -3.14. The summed E-state index contributed by atoms with van der Waals surface area (Å²) in [5, 5.41) is 14.3. The summed E-state index contributed by atoms with van der Waals surface area (Å²) in [6.45, 7) is 4.94. The third-order valence-corrected chi connectivity index (χ3v) is 6.97. The number of halogens is 2. The van der Waals surface area contributed by atoms with Gasteiger partial charge in [0.05, 0.1) is 27.2 Å². The molecule has 2 N–H and O–H groups in total. The fraction of sp³-hybridized carbons (Fsp3) is 0.240. The van der Waals surface area contributed by atoms with Crippen molar-refractivity contribution < 1.29 is 17.9 Å². The predicted molar refractivity (Wildman–Crippen MR) is 135 cm³/mol. The molecule has 0 aliphatic carbocycles. The van der Waals surface area contributed by atoms with Gasteiger partial charge < -0.3 is 10.4 Å². The first kappa shape index (κ1) is 25.0. The van der Waals surface area contributed by atoms with Gasteiger partial charge in [-0.15, -0.1) is 0 Å². The summed E-state index contributed by atoms with van der Waals surface area (Å²) in [7, 11) is -3.50. The summed E-state index contributed by atoms with van der Waals surface area (Å²) in [5.41, 5.74) is 1.75. The topological polar surface area (TPSA) is 105 Å².